The number of hydrogen-bond acceptors (Lipinski definition) is 3. The van der Waals surface area contributed by atoms with Crippen molar-refractivity contribution in [2.75, 3.05) is 0 Å². The van der Waals surface area contributed by atoms with E-state index in [2.05, 4.69) is 15.1 Å². The number of benzene rings is 1. The second-order valence-electron chi connectivity index (χ2n) is 6.94. The average molecular weight is 360 g/mol. The van der Waals surface area contributed by atoms with Crippen LogP contribution in [0.15, 0.2) is 18.3 Å². The zero-order valence-corrected chi connectivity index (χ0v) is 14.5. The minimum atomic E-state index is -0.941. The smallest absolute Gasteiger partial charge is 0.219 e. The summed E-state index contributed by atoms with van der Waals surface area (Å²) in [6.45, 7) is 1.75. The van der Waals surface area contributed by atoms with Crippen molar-refractivity contribution < 1.29 is 13.2 Å². The van der Waals surface area contributed by atoms with Crippen LogP contribution in [0.4, 0.5) is 13.2 Å². The van der Waals surface area contributed by atoms with Gasteiger partial charge in [0.15, 0.2) is 0 Å². The minimum absolute atomic E-state index is 0.264. The molecule has 3 aromatic rings. The molecule has 4 nitrogen and oxygen atoms in total. The van der Waals surface area contributed by atoms with Gasteiger partial charge in [0.05, 0.1) is 11.3 Å². The topological polar surface area (TPSA) is 43.1 Å². The Morgan fingerprint density at radius 1 is 1.08 bits per heavy atom. The van der Waals surface area contributed by atoms with Gasteiger partial charge in [0.1, 0.15) is 23.3 Å². The Morgan fingerprint density at radius 3 is 2.46 bits per heavy atom. The van der Waals surface area contributed by atoms with Gasteiger partial charge in [-0.3, -0.25) is 0 Å². The highest BCUT2D eigenvalue weighted by molar-refractivity contribution is 5.67. The van der Waals surface area contributed by atoms with Gasteiger partial charge in [-0.25, -0.2) is 22.7 Å². The summed E-state index contributed by atoms with van der Waals surface area (Å²) in [4.78, 5) is 8.45. The lowest BCUT2D eigenvalue weighted by molar-refractivity contribution is 0.352. The summed E-state index contributed by atoms with van der Waals surface area (Å²) in [6, 6.07) is 1.39. The van der Waals surface area contributed by atoms with Crippen molar-refractivity contribution in [1.82, 2.24) is 19.6 Å². The fourth-order valence-corrected chi connectivity index (χ4v) is 3.85. The first-order chi connectivity index (χ1) is 12.5. The van der Waals surface area contributed by atoms with Crippen LogP contribution < -0.4 is 0 Å². The highest BCUT2D eigenvalue weighted by atomic mass is 19.1. The summed E-state index contributed by atoms with van der Waals surface area (Å²) in [5.41, 5.74) is 0.717. The molecule has 0 atom stereocenters. The minimum Gasteiger partial charge on any atom is -0.219 e. The van der Waals surface area contributed by atoms with Crippen molar-refractivity contribution in [1.29, 1.82) is 0 Å². The monoisotopic (exact) mass is 360 g/mol. The maximum Gasteiger partial charge on any atom is 0.252 e. The molecule has 0 unspecified atom stereocenters. The molecule has 2 aromatic heterocycles. The molecule has 7 heteroatoms. The largest absolute Gasteiger partial charge is 0.252 e. The number of nitrogens with zero attached hydrogens (tertiary/aromatic N) is 4. The molecule has 1 aliphatic carbocycles. The van der Waals surface area contributed by atoms with E-state index in [4.69, 9.17) is 0 Å². The molecule has 2 heterocycles. The van der Waals surface area contributed by atoms with E-state index in [1.807, 2.05) is 0 Å². The summed E-state index contributed by atoms with van der Waals surface area (Å²) in [5.74, 6) is -1.46. The van der Waals surface area contributed by atoms with E-state index in [0.29, 0.717) is 47.3 Å². The van der Waals surface area contributed by atoms with Crippen molar-refractivity contribution >= 4 is 5.78 Å². The van der Waals surface area contributed by atoms with Crippen LogP contribution in [0.5, 0.6) is 0 Å². The molecule has 0 bridgehead atoms. The van der Waals surface area contributed by atoms with Gasteiger partial charge in [-0.1, -0.05) is 32.1 Å². The molecule has 0 saturated heterocycles. The molecular formula is C19H19F3N4. The van der Waals surface area contributed by atoms with Crippen LogP contribution in [0, 0.1) is 30.3 Å². The van der Waals surface area contributed by atoms with Crippen molar-refractivity contribution in [2.45, 2.75) is 45.4 Å². The molecule has 0 N–H and O–H groups in total. The second kappa shape index (κ2) is 6.70. The molecule has 26 heavy (non-hydrogen) atoms. The number of hydrogen-bond donors (Lipinski definition) is 0. The predicted octanol–water partition coefficient (Wildman–Crippen LogP) is 4.64. The molecule has 0 spiro atoms. The molecule has 1 aromatic carbocycles. The van der Waals surface area contributed by atoms with Crippen LogP contribution in [0.25, 0.3) is 16.9 Å². The fourth-order valence-electron chi connectivity index (χ4n) is 3.85. The van der Waals surface area contributed by atoms with E-state index in [1.165, 1.54) is 12.6 Å². The second-order valence-corrected chi connectivity index (χ2v) is 6.94. The lowest BCUT2D eigenvalue weighted by Gasteiger charge is -2.23. The third-order valence-electron chi connectivity index (χ3n) is 5.05. The van der Waals surface area contributed by atoms with Crippen LogP contribution in [0.3, 0.4) is 0 Å². The number of aryl methyl sites for hydroxylation is 1. The summed E-state index contributed by atoms with van der Waals surface area (Å²) in [7, 11) is 0. The fraction of sp³-hybridized carbons (Fsp3) is 0.421. The Bertz CT molecular complexity index is 938. The summed E-state index contributed by atoms with van der Waals surface area (Å²) < 4.78 is 43.7. The standard InChI is InChI=1S/C19H19F3N4/c1-11-24-19-23-10-14(18-15(21)8-13(20)9-16(18)22)17(26(19)25-11)7-12-5-3-2-4-6-12/h8-10,12H,2-7H2,1H3. The number of rotatable bonds is 3. The zero-order chi connectivity index (χ0) is 18.3. The van der Waals surface area contributed by atoms with Gasteiger partial charge in [0.25, 0.3) is 5.78 Å². The van der Waals surface area contributed by atoms with E-state index >= 15 is 0 Å². The Balaban J connectivity index is 1.90. The van der Waals surface area contributed by atoms with E-state index in [1.54, 1.807) is 11.4 Å². The lowest BCUT2D eigenvalue weighted by Crippen LogP contribution is -2.14. The first-order valence-electron chi connectivity index (χ1n) is 8.89. The van der Waals surface area contributed by atoms with Crippen molar-refractivity contribution in [2.24, 2.45) is 5.92 Å². The molecule has 0 aliphatic heterocycles. The van der Waals surface area contributed by atoms with Gasteiger partial charge >= 0.3 is 0 Å². The highest BCUT2D eigenvalue weighted by Gasteiger charge is 2.23. The predicted molar refractivity (Wildman–Crippen MR) is 91.1 cm³/mol. The first-order valence-corrected chi connectivity index (χ1v) is 8.89. The van der Waals surface area contributed by atoms with E-state index < -0.39 is 17.5 Å². The molecule has 1 aliphatic rings. The van der Waals surface area contributed by atoms with Gasteiger partial charge in [-0.05, 0) is 19.3 Å². The van der Waals surface area contributed by atoms with Crippen molar-refractivity contribution in [3.8, 4) is 11.1 Å². The molecule has 1 saturated carbocycles. The number of aromatic nitrogens is 4. The molecule has 1 fully saturated rings. The van der Waals surface area contributed by atoms with Crippen LogP contribution in [0.2, 0.25) is 0 Å². The normalized spacial score (nSPS) is 15.7. The van der Waals surface area contributed by atoms with Gasteiger partial charge in [0.2, 0.25) is 0 Å². The quantitative estimate of drug-likeness (QED) is 0.683. The Hall–Kier alpha value is -2.44. The van der Waals surface area contributed by atoms with E-state index in [0.717, 1.165) is 25.7 Å². The number of fused-ring (bicyclic) bond motifs is 1. The third kappa shape index (κ3) is 3.06. The molecule has 4 rings (SSSR count). The maximum absolute atomic E-state index is 14.4. The van der Waals surface area contributed by atoms with E-state index in [-0.39, 0.29) is 5.56 Å². The van der Waals surface area contributed by atoms with Gasteiger partial charge in [-0.15, -0.1) is 0 Å². The third-order valence-corrected chi connectivity index (χ3v) is 5.05. The molecule has 0 radical (unpaired) electrons. The molecule has 0 amide bonds. The van der Waals surface area contributed by atoms with Crippen molar-refractivity contribution in [3.05, 3.63) is 47.3 Å². The zero-order valence-electron chi connectivity index (χ0n) is 14.5. The van der Waals surface area contributed by atoms with Gasteiger partial charge in [-0.2, -0.15) is 10.1 Å². The Kier molecular flexibility index (Phi) is 4.38. The van der Waals surface area contributed by atoms with Gasteiger partial charge in [0, 0.05) is 23.9 Å². The van der Waals surface area contributed by atoms with Crippen LogP contribution >= 0.6 is 0 Å². The van der Waals surface area contributed by atoms with Crippen LogP contribution in [-0.2, 0) is 6.42 Å². The SMILES string of the molecule is Cc1nc2ncc(-c3c(F)cc(F)cc3F)c(CC3CCCCC3)n2n1. The lowest BCUT2D eigenvalue weighted by atomic mass is 9.85. The van der Waals surface area contributed by atoms with Crippen molar-refractivity contribution in [3.63, 3.8) is 0 Å². The molecule has 136 valence electrons. The van der Waals surface area contributed by atoms with Gasteiger partial charge < -0.3 is 0 Å². The molecular weight excluding hydrogens is 341 g/mol. The van der Waals surface area contributed by atoms with Crippen LogP contribution in [-0.4, -0.2) is 19.6 Å². The Labute approximate surface area is 149 Å². The average Bonchev–Trinajstić information content (AvgIpc) is 2.97. The summed E-state index contributed by atoms with van der Waals surface area (Å²) in [6.07, 6.45) is 7.73. The van der Waals surface area contributed by atoms with Crippen LogP contribution in [0.1, 0.15) is 43.6 Å². The van der Waals surface area contributed by atoms with E-state index in [9.17, 15) is 13.2 Å². The number of halogens is 3. The highest BCUT2D eigenvalue weighted by Crippen LogP contribution is 2.33. The Morgan fingerprint density at radius 2 is 1.77 bits per heavy atom. The maximum atomic E-state index is 14.4. The summed E-state index contributed by atoms with van der Waals surface area (Å²) in [5, 5.41) is 4.37. The summed E-state index contributed by atoms with van der Waals surface area (Å²) >= 11 is 0. The first kappa shape index (κ1) is 17.0.